The van der Waals surface area contributed by atoms with Crippen molar-refractivity contribution in [3.8, 4) is 22.9 Å². The molecule has 3 N–H and O–H groups in total. The van der Waals surface area contributed by atoms with Gasteiger partial charge in [-0.15, -0.1) is 0 Å². The SMILES string of the molecule is Nc1nc(-c2cc(-c3ccon3)n(Cc3ccccc3F)n2)ncc1NC(=O)C1(c2ccc(F)cc2)CC1. The van der Waals surface area contributed by atoms with Gasteiger partial charge >= 0.3 is 0 Å². The quantitative estimate of drug-likeness (QED) is 0.327. The second kappa shape index (κ2) is 9.18. The average Bonchev–Trinajstić information content (AvgIpc) is 3.34. The minimum Gasteiger partial charge on any atom is -0.382 e. The molecule has 38 heavy (non-hydrogen) atoms. The van der Waals surface area contributed by atoms with Gasteiger partial charge in [-0.2, -0.15) is 5.10 Å². The number of aromatic nitrogens is 5. The average molecular weight is 514 g/mol. The van der Waals surface area contributed by atoms with Crippen molar-refractivity contribution in [2.24, 2.45) is 0 Å². The van der Waals surface area contributed by atoms with Gasteiger partial charge in [0, 0.05) is 11.6 Å². The molecule has 1 fully saturated rings. The number of nitrogens with two attached hydrogens (primary N) is 1. The van der Waals surface area contributed by atoms with Crippen LogP contribution in [-0.4, -0.2) is 30.8 Å². The smallest absolute Gasteiger partial charge is 0.235 e. The lowest BCUT2D eigenvalue weighted by atomic mass is 9.95. The van der Waals surface area contributed by atoms with Gasteiger partial charge < -0.3 is 15.6 Å². The second-order valence-electron chi connectivity index (χ2n) is 9.08. The van der Waals surface area contributed by atoms with Crippen LogP contribution < -0.4 is 11.1 Å². The van der Waals surface area contributed by atoms with Crippen LogP contribution in [0, 0.1) is 11.6 Å². The molecule has 0 radical (unpaired) electrons. The molecule has 0 aliphatic heterocycles. The molecular weight excluding hydrogens is 492 g/mol. The number of nitrogen functional groups attached to an aromatic ring is 1. The van der Waals surface area contributed by atoms with E-state index in [1.54, 1.807) is 47.1 Å². The van der Waals surface area contributed by atoms with Crippen LogP contribution in [0.4, 0.5) is 20.3 Å². The van der Waals surface area contributed by atoms with E-state index < -0.39 is 5.41 Å². The highest BCUT2D eigenvalue weighted by atomic mass is 19.1. The molecule has 9 nitrogen and oxygen atoms in total. The van der Waals surface area contributed by atoms with Crippen molar-refractivity contribution >= 4 is 17.4 Å². The molecule has 3 aromatic heterocycles. The fraction of sp³-hybridized carbons (Fsp3) is 0.148. The minimum atomic E-state index is -0.725. The highest BCUT2D eigenvalue weighted by Gasteiger charge is 2.51. The summed E-state index contributed by atoms with van der Waals surface area (Å²) in [6.45, 7) is 0.143. The summed E-state index contributed by atoms with van der Waals surface area (Å²) in [6.07, 6.45) is 4.14. The normalized spacial score (nSPS) is 13.8. The van der Waals surface area contributed by atoms with Crippen molar-refractivity contribution in [1.82, 2.24) is 24.9 Å². The molecular formula is C27H21F2N7O2. The topological polar surface area (TPSA) is 125 Å². The number of amides is 1. The molecule has 0 saturated heterocycles. The highest BCUT2D eigenvalue weighted by Crippen LogP contribution is 2.49. The predicted octanol–water partition coefficient (Wildman–Crippen LogP) is 4.57. The van der Waals surface area contributed by atoms with E-state index in [2.05, 4.69) is 25.5 Å². The third kappa shape index (κ3) is 4.27. The summed E-state index contributed by atoms with van der Waals surface area (Å²) in [5.41, 5.74) is 8.37. The van der Waals surface area contributed by atoms with Gasteiger partial charge in [0.15, 0.2) is 11.6 Å². The zero-order chi connectivity index (χ0) is 26.3. The molecule has 1 aliphatic carbocycles. The predicted molar refractivity (Wildman–Crippen MR) is 135 cm³/mol. The fourth-order valence-corrected chi connectivity index (χ4v) is 4.38. The molecule has 2 aromatic carbocycles. The first-order chi connectivity index (χ1) is 18.4. The number of carbonyl (C=O) groups is 1. The molecule has 11 heteroatoms. The Bertz CT molecular complexity index is 1630. The van der Waals surface area contributed by atoms with Crippen molar-refractivity contribution in [2.75, 3.05) is 11.1 Å². The standard InChI is InChI=1S/C27H21F2N7O2/c28-18-7-5-17(6-8-18)27(10-11-27)26(37)32-22-14-31-25(33-24(22)30)21-13-23(20-9-12-38-35-20)36(34-21)15-16-3-1-2-4-19(16)29/h1-9,12-14H,10-11,15H2,(H,32,37)(H2,30,31,33). The van der Waals surface area contributed by atoms with Crippen LogP contribution in [0.2, 0.25) is 0 Å². The van der Waals surface area contributed by atoms with Crippen LogP contribution in [0.5, 0.6) is 0 Å². The molecule has 190 valence electrons. The number of benzene rings is 2. The van der Waals surface area contributed by atoms with Crippen LogP contribution >= 0.6 is 0 Å². The maximum Gasteiger partial charge on any atom is 0.235 e. The van der Waals surface area contributed by atoms with Crippen molar-refractivity contribution < 1.29 is 18.1 Å². The van der Waals surface area contributed by atoms with Crippen molar-refractivity contribution in [2.45, 2.75) is 24.8 Å². The van der Waals surface area contributed by atoms with Gasteiger partial charge in [-0.05, 0) is 42.7 Å². The summed E-state index contributed by atoms with van der Waals surface area (Å²) in [7, 11) is 0. The van der Waals surface area contributed by atoms with E-state index in [-0.39, 0.29) is 41.4 Å². The number of anilines is 2. The molecule has 6 rings (SSSR count). The molecule has 1 saturated carbocycles. The van der Waals surface area contributed by atoms with E-state index in [4.69, 9.17) is 10.3 Å². The number of hydrogen-bond acceptors (Lipinski definition) is 7. The Morgan fingerprint density at radius 3 is 2.55 bits per heavy atom. The van der Waals surface area contributed by atoms with E-state index in [1.165, 1.54) is 30.7 Å². The van der Waals surface area contributed by atoms with Crippen LogP contribution in [0.25, 0.3) is 22.9 Å². The first kappa shape index (κ1) is 23.5. The number of hydrogen-bond donors (Lipinski definition) is 2. The molecule has 0 atom stereocenters. The lowest BCUT2D eigenvalue weighted by Gasteiger charge is -2.16. The first-order valence-corrected chi connectivity index (χ1v) is 11.9. The lowest BCUT2D eigenvalue weighted by molar-refractivity contribution is -0.118. The Labute approximate surface area is 215 Å². The van der Waals surface area contributed by atoms with Crippen LogP contribution in [0.1, 0.15) is 24.0 Å². The largest absolute Gasteiger partial charge is 0.382 e. The number of halogens is 2. The molecule has 0 unspecified atom stereocenters. The zero-order valence-corrected chi connectivity index (χ0v) is 19.9. The van der Waals surface area contributed by atoms with Crippen molar-refractivity contribution in [3.05, 3.63) is 95.9 Å². The Kier molecular flexibility index (Phi) is 5.67. The molecule has 0 spiro atoms. The summed E-state index contributed by atoms with van der Waals surface area (Å²) in [5.74, 6) is -0.691. The van der Waals surface area contributed by atoms with E-state index in [0.717, 1.165) is 5.56 Å². The number of nitrogens with zero attached hydrogens (tertiary/aromatic N) is 5. The van der Waals surface area contributed by atoms with E-state index >= 15 is 0 Å². The molecule has 3 heterocycles. The molecule has 1 amide bonds. The van der Waals surface area contributed by atoms with Gasteiger partial charge in [-0.3, -0.25) is 9.48 Å². The number of rotatable bonds is 7. The van der Waals surface area contributed by atoms with Gasteiger partial charge in [0.1, 0.15) is 35.0 Å². The maximum absolute atomic E-state index is 14.3. The maximum atomic E-state index is 14.3. The van der Waals surface area contributed by atoms with Crippen LogP contribution in [0.15, 0.2) is 77.6 Å². The Balaban J connectivity index is 1.27. The number of nitrogens with one attached hydrogen (secondary N) is 1. The summed E-state index contributed by atoms with van der Waals surface area (Å²) in [4.78, 5) is 21.8. The first-order valence-electron chi connectivity index (χ1n) is 11.9. The molecule has 0 bridgehead atoms. The van der Waals surface area contributed by atoms with Gasteiger partial charge in [-0.1, -0.05) is 35.5 Å². The minimum absolute atomic E-state index is 0.0601. The summed E-state index contributed by atoms with van der Waals surface area (Å²) in [5, 5.41) is 11.4. The van der Waals surface area contributed by atoms with Crippen LogP contribution in [-0.2, 0) is 16.8 Å². The monoisotopic (exact) mass is 513 g/mol. The Hall–Kier alpha value is -4.93. The van der Waals surface area contributed by atoms with Gasteiger partial charge in [0.2, 0.25) is 5.91 Å². The van der Waals surface area contributed by atoms with Gasteiger partial charge in [0.05, 0.1) is 23.9 Å². The zero-order valence-electron chi connectivity index (χ0n) is 19.9. The summed E-state index contributed by atoms with van der Waals surface area (Å²) >= 11 is 0. The van der Waals surface area contributed by atoms with E-state index in [0.29, 0.717) is 35.5 Å². The molecule has 5 aromatic rings. The molecule has 1 aliphatic rings. The van der Waals surface area contributed by atoms with Gasteiger partial charge in [0.25, 0.3) is 0 Å². The van der Waals surface area contributed by atoms with Crippen molar-refractivity contribution in [3.63, 3.8) is 0 Å². The third-order valence-electron chi connectivity index (χ3n) is 6.64. The second-order valence-corrected chi connectivity index (χ2v) is 9.08. The number of carbonyl (C=O) groups excluding carboxylic acids is 1. The Morgan fingerprint density at radius 2 is 1.87 bits per heavy atom. The lowest BCUT2D eigenvalue weighted by Crippen LogP contribution is -2.28. The van der Waals surface area contributed by atoms with E-state index in [9.17, 15) is 13.6 Å². The highest BCUT2D eigenvalue weighted by molar-refractivity contribution is 6.02. The van der Waals surface area contributed by atoms with E-state index in [1.807, 2.05) is 0 Å². The van der Waals surface area contributed by atoms with Crippen LogP contribution in [0.3, 0.4) is 0 Å². The fourth-order valence-electron chi connectivity index (χ4n) is 4.38. The van der Waals surface area contributed by atoms with Gasteiger partial charge in [-0.25, -0.2) is 18.7 Å². The third-order valence-corrected chi connectivity index (χ3v) is 6.64. The summed E-state index contributed by atoms with van der Waals surface area (Å²) in [6, 6.07) is 15.7. The Morgan fingerprint density at radius 1 is 1.08 bits per heavy atom. The summed E-state index contributed by atoms with van der Waals surface area (Å²) < 4.78 is 34.2. The van der Waals surface area contributed by atoms with Crippen molar-refractivity contribution in [1.29, 1.82) is 0 Å².